The van der Waals surface area contributed by atoms with Crippen molar-refractivity contribution in [3.8, 4) is 34.5 Å². The number of nitrogens with zero attached hydrogens (tertiary/aromatic N) is 2. The van der Waals surface area contributed by atoms with Gasteiger partial charge in [-0.1, -0.05) is 24.3 Å². The third kappa shape index (κ3) is 4.27. The molecular weight excluding hydrogens is 408 g/mol. The Morgan fingerprint density at radius 3 is 2.66 bits per heavy atom. The number of para-hydroxylation sites is 1. The lowest BCUT2D eigenvalue weighted by Crippen LogP contribution is -1.99. The number of hydrogen-bond acceptors (Lipinski definition) is 7. The molecule has 1 aliphatic rings. The quantitative estimate of drug-likeness (QED) is 0.399. The third-order valence-electron chi connectivity index (χ3n) is 4.92. The van der Waals surface area contributed by atoms with Gasteiger partial charge in [-0.2, -0.15) is 0 Å². The summed E-state index contributed by atoms with van der Waals surface area (Å²) in [6, 6.07) is 21.1. The van der Waals surface area contributed by atoms with Gasteiger partial charge in [0, 0.05) is 17.2 Å². The average Bonchev–Trinajstić information content (AvgIpc) is 3.51. The number of aromatic nitrogens is 2. The highest BCUT2D eigenvalue weighted by atomic mass is 16.7. The predicted molar refractivity (Wildman–Crippen MR) is 119 cm³/mol. The Balaban J connectivity index is 1.31. The van der Waals surface area contributed by atoms with Crippen molar-refractivity contribution < 1.29 is 23.4 Å². The highest BCUT2D eigenvalue weighted by Crippen LogP contribution is 2.35. The lowest BCUT2D eigenvalue weighted by Gasteiger charge is -2.11. The Hall–Kier alpha value is -4.26. The van der Waals surface area contributed by atoms with E-state index in [0.29, 0.717) is 29.9 Å². The van der Waals surface area contributed by atoms with Crippen LogP contribution in [0.4, 0.5) is 0 Å². The molecule has 1 aliphatic heterocycles. The van der Waals surface area contributed by atoms with Gasteiger partial charge in [0.25, 0.3) is 0 Å². The summed E-state index contributed by atoms with van der Waals surface area (Å²) in [7, 11) is 1.65. The van der Waals surface area contributed by atoms with E-state index in [-0.39, 0.29) is 6.79 Å². The van der Waals surface area contributed by atoms with Crippen molar-refractivity contribution in [2.45, 2.75) is 6.61 Å². The smallest absolute Gasteiger partial charge is 0.248 e. The van der Waals surface area contributed by atoms with Crippen molar-refractivity contribution in [2.24, 2.45) is 0 Å². The molecule has 7 heteroatoms. The number of methoxy groups -OCH3 is 1. The normalized spacial score (nSPS) is 12.3. The van der Waals surface area contributed by atoms with Crippen LogP contribution in [0.1, 0.15) is 17.0 Å². The molecule has 0 N–H and O–H groups in total. The summed E-state index contributed by atoms with van der Waals surface area (Å²) >= 11 is 0. The molecule has 0 aliphatic carbocycles. The van der Waals surface area contributed by atoms with Crippen molar-refractivity contribution >= 4 is 12.2 Å². The molecule has 0 unspecified atom stereocenters. The summed E-state index contributed by atoms with van der Waals surface area (Å²) in [6.07, 6.45) is 3.68. The average molecular weight is 428 g/mol. The molecule has 2 heterocycles. The maximum atomic E-state index is 5.87. The first kappa shape index (κ1) is 19.7. The van der Waals surface area contributed by atoms with Gasteiger partial charge in [-0.05, 0) is 54.1 Å². The van der Waals surface area contributed by atoms with E-state index in [1.54, 1.807) is 13.2 Å². The minimum atomic E-state index is 0.219. The Bertz CT molecular complexity index is 1250. The zero-order valence-corrected chi connectivity index (χ0v) is 17.4. The number of ether oxygens (including phenoxy) is 4. The summed E-state index contributed by atoms with van der Waals surface area (Å²) < 4.78 is 27.9. The first-order chi connectivity index (χ1) is 15.8. The monoisotopic (exact) mass is 428 g/mol. The molecule has 3 aromatic carbocycles. The zero-order chi connectivity index (χ0) is 21.8. The second-order valence-corrected chi connectivity index (χ2v) is 7.02. The van der Waals surface area contributed by atoms with Gasteiger partial charge < -0.3 is 23.4 Å². The van der Waals surface area contributed by atoms with Crippen LogP contribution in [-0.2, 0) is 6.61 Å². The molecule has 0 amide bonds. The topological polar surface area (TPSA) is 75.8 Å². The van der Waals surface area contributed by atoms with Crippen molar-refractivity contribution in [1.82, 2.24) is 10.2 Å². The molecule has 0 saturated carbocycles. The first-order valence-corrected chi connectivity index (χ1v) is 10.0. The summed E-state index contributed by atoms with van der Waals surface area (Å²) in [5.41, 5.74) is 2.66. The Morgan fingerprint density at radius 1 is 0.906 bits per heavy atom. The summed E-state index contributed by atoms with van der Waals surface area (Å²) in [5.74, 6) is 3.75. The van der Waals surface area contributed by atoms with Gasteiger partial charge >= 0.3 is 0 Å². The molecule has 32 heavy (non-hydrogen) atoms. The van der Waals surface area contributed by atoms with Crippen LogP contribution in [0.5, 0.6) is 23.0 Å². The predicted octanol–water partition coefficient (Wildman–Crippen LogP) is 5.22. The Kier molecular flexibility index (Phi) is 5.45. The molecule has 5 rings (SSSR count). The van der Waals surface area contributed by atoms with E-state index in [9.17, 15) is 0 Å². The van der Waals surface area contributed by atoms with Crippen molar-refractivity contribution in [3.63, 3.8) is 0 Å². The molecule has 0 bridgehead atoms. The van der Waals surface area contributed by atoms with Crippen LogP contribution in [-0.4, -0.2) is 24.1 Å². The molecule has 0 atom stereocenters. The van der Waals surface area contributed by atoms with Crippen LogP contribution in [0.25, 0.3) is 23.6 Å². The van der Waals surface area contributed by atoms with E-state index in [2.05, 4.69) is 10.2 Å². The lowest BCUT2D eigenvalue weighted by molar-refractivity contribution is 0.174. The van der Waals surface area contributed by atoms with Gasteiger partial charge in [0.15, 0.2) is 11.5 Å². The van der Waals surface area contributed by atoms with Crippen LogP contribution in [0, 0.1) is 0 Å². The largest absolute Gasteiger partial charge is 0.496 e. The molecule has 0 spiro atoms. The van der Waals surface area contributed by atoms with Crippen LogP contribution >= 0.6 is 0 Å². The molecule has 160 valence electrons. The standard InChI is InChI=1S/C25H20N2O5/c1-28-21-10-7-17(13-19(21)15-29-20-5-3-2-4-6-20)8-12-24-26-27-25(32-24)18-9-11-22-23(14-18)31-16-30-22/h2-14H,15-16H2,1H3/b12-8-. The minimum absolute atomic E-state index is 0.219. The first-order valence-electron chi connectivity index (χ1n) is 10.0. The van der Waals surface area contributed by atoms with Gasteiger partial charge in [-0.15, -0.1) is 10.2 Å². The molecule has 4 aromatic rings. The van der Waals surface area contributed by atoms with Crippen LogP contribution < -0.4 is 18.9 Å². The fraction of sp³-hybridized carbons (Fsp3) is 0.120. The van der Waals surface area contributed by atoms with E-state index in [1.165, 1.54) is 0 Å². The fourth-order valence-electron chi connectivity index (χ4n) is 3.31. The maximum Gasteiger partial charge on any atom is 0.248 e. The minimum Gasteiger partial charge on any atom is -0.496 e. The summed E-state index contributed by atoms with van der Waals surface area (Å²) in [5, 5.41) is 8.24. The highest BCUT2D eigenvalue weighted by Gasteiger charge is 2.16. The third-order valence-corrected chi connectivity index (χ3v) is 4.92. The number of benzene rings is 3. The molecular formula is C25H20N2O5. The number of fused-ring (bicyclic) bond motifs is 1. The van der Waals surface area contributed by atoms with Crippen LogP contribution in [0.2, 0.25) is 0 Å². The molecule has 7 nitrogen and oxygen atoms in total. The summed E-state index contributed by atoms with van der Waals surface area (Å²) in [4.78, 5) is 0. The van der Waals surface area contributed by atoms with Crippen LogP contribution in [0.15, 0.2) is 71.1 Å². The highest BCUT2D eigenvalue weighted by molar-refractivity contribution is 5.68. The van der Waals surface area contributed by atoms with E-state index in [0.717, 1.165) is 28.2 Å². The van der Waals surface area contributed by atoms with Crippen molar-refractivity contribution in [1.29, 1.82) is 0 Å². The van der Waals surface area contributed by atoms with E-state index in [4.69, 9.17) is 23.4 Å². The van der Waals surface area contributed by atoms with Gasteiger partial charge in [-0.25, -0.2) is 0 Å². The molecule has 1 aromatic heterocycles. The van der Waals surface area contributed by atoms with Crippen molar-refractivity contribution in [2.75, 3.05) is 13.9 Å². The molecule has 0 saturated heterocycles. The number of hydrogen-bond donors (Lipinski definition) is 0. The van der Waals surface area contributed by atoms with Gasteiger partial charge in [0.1, 0.15) is 18.1 Å². The number of rotatable bonds is 7. The van der Waals surface area contributed by atoms with E-state index >= 15 is 0 Å². The van der Waals surface area contributed by atoms with E-state index in [1.807, 2.05) is 72.8 Å². The zero-order valence-electron chi connectivity index (χ0n) is 17.4. The second-order valence-electron chi connectivity index (χ2n) is 7.02. The Labute approximate surface area is 184 Å². The van der Waals surface area contributed by atoms with Gasteiger partial charge in [0.05, 0.1) is 7.11 Å². The lowest BCUT2D eigenvalue weighted by atomic mass is 10.1. The van der Waals surface area contributed by atoms with Gasteiger partial charge in [-0.3, -0.25) is 0 Å². The van der Waals surface area contributed by atoms with E-state index < -0.39 is 0 Å². The molecule has 0 fully saturated rings. The van der Waals surface area contributed by atoms with Crippen molar-refractivity contribution in [3.05, 3.63) is 83.7 Å². The Morgan fingerprint density at radius 2 is 1.78 bits per heavy atom. The van der Waals surface area contributed by atoms with Gasteiger partial charge in [0.2, 0.25) is 18.6 Å². The second kappa shape index (κ2) is 8.85. The van der Waals surface area contributed by atoms with Crippen LogP contribution in [0.3, 0.4) is 0 Å². The summed E-state index contributed by atoms with van der Waals surface area (Å²) in [6.45, 7) is 0.612. The fourth-order valence-corrected chi connectivity index (χ4v) is 3.31. The molecule has 0 radical (unpaired) electrons. The maximum absolute atomic E-state index is 5.87. The SMILES string of the molecule is COc1ccc(/C=C\c2nnc(-c3ccc4c(c3)OCO4)o2)cc1COc1ccccc1.